The van der Waals surface area contributed by atoms with E-state index in [0.29, 0.717) is 11.8 Å². The molecule has 1 aliphatic heterocycles. The largest absolute Gasteiger partial charge is 0.340 e. The number of fused-ring (bicyclic) bond motifs is 2. The summed E-state index contributed by atoms with van der Waals surface area (Å²) in [6.07, 6.45) is 5.21. The third kappa shape index (κ3) is 2.46. The summed E-state index contributed by atoms with van der Waals surface area (Å²) in [5.41, 5.74) is 0. The lowest BCUT2D eigenvalue weighted by atomic mass is 9.87. The third-order valence-electron chi connectivity index (χ3n) is 5.14. The van der Waals surface area contributed by atoms with Crippen LogP contribution in [0.25, 0.3) is 0 Å². The molecule has 1 heterocycles. The van der Waals surface area contributed by atoms with Crippen LogP contribution in [0, 0.1) is 17.8 Å². The van der Waals surface area contributed by atoms with Crippen molar-refractivity contribution >= 4 is 21.8 Å². The fourth-order valence-corrected chi connectivity index (χ4v) is 4.59. The highest BCUT2D eigenvalue weighted by molar-refractivity contribution is 9.09. The molecule has 4 heteroatoms. The van der Waals surface area contributed by atoms with Crippen molar-refractivity contribution in [2.75, 3.05) is 38.1 Å². The second-order valence-corrected chi connectivity index (χ2v) is 6.93. The number of piperazine rings is 1. The minimum atomic E-state index is 0.381. The van der Waals surface area contributed by atoms with E-state index < -0.39 is 0 Å². The van der Waals surface area contributed by atoms with Crippen molar-refractivity contribution in [3.05, 3.63) is 0 Å². The van der Waals surface area contributed by atoms with Gasteiger partial charge in [-0.25, -0.2) is 0 Å². The molecule has 2 aliphatic carbocycles. The van der Waals surface area contributed by atoms with Gasteiger partial charge in [0.2, 0.25) is 5.91 Å². The van der Waals surface area contributed by atoms with E-state index in [1.54, 1.807) is 0 Å². The first-order valence-electron chi connectivity index (χ1n) is 7.35. The topological polar surface area (TPSA) is 23.6 Å². The molecule has 3 aliphatic rings. The summed E-state index contributed by atoms with van der Waals surface area (Å²) in [5, 5.41) is 1.04. The summed E-state index contributed by atoms with van der Waals surface area (Å²) >= 11 is 3.48. The van der Waals surface area contributed by atoms with Gasteiger partial charge in [-0.1, -0.05) is 22.4 Å². The Morgan fingerprint density at radius 3 is 2.44 bits per heavy atom. The lowest BCUT2D eigenvalue weighted by molar-refractivity contribution is -0.139. The Balaban J connectivity index is 1.52. The smallest absolute Gasteiger partial charge is 0.226 e. The Morgan fingerprint density at radius 2 is 1.89 bits per heavy atom. The Morgan fingerprint density at radius 1 is 1.11 bits per heavy atom. The molecule has 3 fully saturated rings. The Bertz CT molecular complexity index is 315. The van der Waals surface area contributed by atoms with Crippen molar-refractivity contribution in [3.8, 4) is 0 Å². The molecule has 0 aromatic rings. The zero-order valence-corrected chi connectivity index (χ0v) is 12.6. The van der Waals surface area contributed by atoms with Crippen LogP contribution in [0.2, 0.25) is 0 Å². The molecule has 2 bridgehead atoms. The van der Waals surface area contributed by atoms with E-state index in [9.17, 15) is 4.79 Å². The predicted octanol–water partition coefficient (Wildman–Crippen LogP) is 1.96. The maximum Gasteiger partial charge on any atom is 0.226 e. The van der Waals surface area contributed by atoms with Crippen LogP contribution < -0.4 is 0 Å². The minimum Gasteiger partial charge on any atom is -0.340 e. The van der Waals surface area contributed by atoms with Crippen LogP contribution in [0.15, 0.2) is 0 Å². The zero-order valence-electron chi connectivity index (χ0n) is 11.0. The lowest BCUT2D eigenvalue weighted by Gasteiger charge is -2.37. The molecule has 18 heavy (non-hydrogen) atoms. The highest BCUT2D eigenvalue weighted by Gasteiger charge is 2.44. The monoisotopic (exact) mass is 314 g/mol. The van der Waals surface area contributed by atoms with E-state index in [4.69, 9.17) is 0 Å². The van der Waals surface area contributed by atoms with Crippen molar-refractivity contribution in [1.29, 1.82) is 0 Å². The van der Waals surface area contributed by atoms with Crippen molar-refractivity contribution in [3.63, 3.8) is 0 Å². The summed E-state index contributed by atoms with van der Waals surface area (Å²) in [6.45, 7) is 5.10. The molecule has 3 atom stereocenters. The van der Waals surface area contributed by atoms with Crippen LogP contribution in [0.1, 0.15) is 25.7 Å². The average Bonchev–Trinajstić information content (AvgIpc) is 3.01. The molecule has 1 amide bonds. The molecule has 0 N–H and O–H groups in total. The van der Waals surface area contributed by atoms with E-state index in [2.05, 4.69) is 25.7 Å². The molecule has 1 saturated heterocycles. The number of rotatable bonds is 3. The molecular weight excluding hydrogens is 292 g/mol. The first-order chi connectivity index (χ1) is 8.78. The number of carbonyl (C=O) groups is 1. The molecule has 0 spiro atoms. The summed E-state index contributed by atoms with van der Waals surface area (Å²) in [6, 6.07) is 0. The summed E-state index contributed by atoms with van der Waals surface area (Å²) in [7, 11) is 0. The third-order valence-corrected chi connectivity index (χ3v) is 5.49. The van der Waals surface area contributed by atoms with E-state index >= 15 is 0 Å². The van der Waals surface area contributed by atoms with Gasteiger partial charge in [0.1, 0.15) is 0 Å². The van der Waals surface area contributed by atoms with Gasteiger partial charge in [0, 0.05) is 44.0 Å². The zero-order chi connectivity index (χ0) is 12.5. The van der Waals surface area contributed by atoms with Crippen LogP contribution in [-0.2, 0) is 4.79 Å². The lowest BCUT2D eigenvalue weighted by Crippen LogP contribution is -2.51. The quantitative estimate of drug-likeness (QED) is 0.744. The maximum absolute atomic E-state index is 12.6. The maximum atomic E-state index is 12.6. The van der Waals surface area contributed by atoms with Crippen molar-refractivity contribution in [2.24, 2.45) is 17.8 Å². The van der Waals surface area contributed by atoms with Crippen molar-refractivity contribution in [2.45, 2.75) is 25.7 Å². The van der Waals surface area contributed by atoms with Crippen LogP contribution in [0.5, 0.6) is 0 Å². The summed E-state index contributed by atoms with van der Waals surface area (Å²) in [5.74, 6) is 2.45. The van der Waals surface area contributed by atoms with Gasteiger partial charge in [-0.3, -0.25) is 9.69 Å². The van der Waals surface area contributed by atoms with Gasteiger partial charge in [0.05, 0.1) is 0 Å². The average molecular weight is 315 g/mol. The SMILES string of the molecule is O=C(C1CC2CCC1C2)N1CCN(CCBr)CC1. The molecule has 2 saturated carbocycles. The van der Waals surface area contributed by atoms with Gasteiger partial charge in [-0.15, -0.1) is 0 Å². The van der Waals surface area contributed by atoms with Gasteiger partial charge in [0.15, 0.2) is 0 Å². The second kappa shape index (κ2) is 5.49. The first kappa shape index (κ1) is 12.9. The predicted molar refractivity (Wildman–Crippen MR) is 75.8 cm³/mol. The Labute approximate surface area is 118 Å². The van der Waals surface area contributed by atoms with E-state index in [-0.39, 0.29) is 0 Å². The van der Waals surface area contributed by atoms with Gasteiger partial charge in [-0.05, 0) is 31.1 Å². The molecule has 3 rings (SSSR count). The van der Waals surface area contributed by atoms with Crippen LogP contribution in [-0.4, -0.2) is 53.8 Å². The molecule has 3 nitrogen and oxygen atoms in total. The van der Waals surface area contributed by atoms with Crippen LogP contribution >= 0.6 is 15.9 Å². The van der Waals surface area contributed by atoms with Crippen LogP contribution in [0.4, 0.5) is 0 Å². The standard InChI is InChI=1S/C14H23BrN2O/c15-3-4-16-5-7-17(8-6-16)14(18)13-10-11-1-2-12(13)9-11/h11-13H,1-10H2. The number of amides is 1. The minimum absolute atomic E-state index is 0.381. The molecule has 102 valence electrons. The summed E-state index contributed by atoms with van der Waals surface area (Å²) in [4.78, 5) is 17.1. The number of halogens is 1. The van der Waals surface area contributed by atoms with Gasteiger partial charge in [-0.2, -0.15) is 0 Å². The highest BCUT2D eigenvalue weighted by Crippen LogP contribution is 2.48. The number of hydrogen-bond acceptors (Lipinski definition) is 2. The first-order valence-corrected chi connectivity index (χ1v) is 8.47. The number of nitrogens with zero attached hydrogens (tertiary/aromatic N) is 2. The van der Waals surface area contributed by atoms with E-state index in [0.717, 1.165) is 49.9 Å². The molecule has 3 unspecified atom stereocenters. The Kier molecular flexibility index (Phi) is 3.94. The Hall–Kier alpha value is -0.0900. The molecule has 0 aromatic heterocycles. The normalized spacial score (nSPS) is 36.3. The second-order valence-electron chi connectivity index (χ2n) is 6.14. The van der Waals surface area contributed by atoms with Crippen LogP contribution in [0.3, 0.4) is 0 Å². The van der Waals surface area contributed by atoms with Gasteiger partial charge in [0.25, 0.3) is 0 Å². The molecule has 0 radical (unpaired) electrons. The van der Waals surface area contributed by atoms with Crippen molar-refractivity contribution < 1.29 is 4.79 Å². The van der Waals surface area contributed by atoms with Gasteiger partial charge >= 0.3 is 0 Å². The molecular formula is C14H23BrN2O. The van der Waals surface area contributed by atoms with Crippen molar-refractivity contribution in [1.82, 2.24) is 9.80 Å². The number of alkyl halides is 1. The summed E-state index contributed by atoms with van der Waals surface area (Å²) < 4.78 is 0. The van der Waals surface area contributed by atoms with E-state index in [1.807, 2.05) is 0 Å². The highest BCUT2D eigenvalue weighted by atomic mass is 79.9. The fourth-order valence-electron chi connectivity index (χ4n) is 4.09. The number of carbonyl (C=O) groups excluding carboxylic acids is 1. The van der Waals surface area contributed by atoms with E-state index in [1.165, 1.54) is 25.7 Å². The number of hydrogen-bond donors (Lipinski definition) is 0. The fraction of sp³-hybridized carbons (Fsp3) is 0.929. The molecule has 0 aromatic carbocycles. The van der Waals surface area contributed by atoms with Gasteiger partial charge < -0.3 is 4.90 Å².